The Bertz CT molecular complexity index is 1970. The summed E-state index contributed by atoms with van der Waals surface area (Å²) in [5.41, 5.74) is 9.34. The van der Waals surface area contributed by atoms with E-state index in [1.54, 1.807) is 24.3 Å². The highest BCUT2D eigenvalue weighted by molar-refractivity contribution is 5.76. The van der Waals surface area contributed by atoms with Crippen LogP contribution in [-0.4, -0.2) is 25.2 Å². The van der Waals surface area contributed by atoms with Crippen LogP contribution >= 0.6 is 0 Å². The monoisotopic (exact) mass is 686 g/mol. The van der Waals surface area contributed by atoms with Crippen LogP contribution in [0.3, 0.4) is 0 Å². The normalized spacial score (nSPS) is 13.2. The Balaban J connectivity index is 1.09. The topological polar surface area (TPSA) is 61.8 Å². The summed E-state index contributed by atoms with van der Waals surface area (Å²) in [7, 11) is 0. The zero-order valence-electron chi connectivity index (χ0n) is 29.2. The molecule has 0 aliphatic carbocycles. The van der Waals surface area contributed by atoms with Gasteiger partial charge < -0.3 is 14.2 Å². The first kappa shape index (κ1) is 34.7. The van der Waals surface area contributed by atoms with Gasteiger partial charge in [-0.15, -0.1) is 0 Å². The van der Waals surface area contributed by atoms with Crippen LogP contribution < -0.4 is 9.47 Å². The molecule has 0 radical (unpaired) electrons. The van der Waals surface area contributed by atoms with Crippen molar-refractivity contribution < 1.29 is 23.8 Å². The van der Waals surface area contributed by atoms with Gasteiger partial charge in [-0.1, -0.05) is 133 Å². The predicted octanol–water partition coefficient (Wildman–Crippen LogP) is 9.90. The summed E-state index contributed by atoms with van der Waals surface area (Å²) in [6, 6.07) is 52.4. The van der Waals surface area contributed by atoms with E-state index >= 15 is 0 Å². The number of hydrogen-bond acceptors (Lipinski definition) is 5. The van der Waals surface area contributed by atoms with Gasteiger partial charge in [0.05, 0.1) is 26.1 Å². The highest BCUT2D eigenvalue weighted by atomic mass is 16.5. The van der Waals surface area contributed by atoms with E-state index in [0.717, 1.165) is 35.1 Å². The van der Waals surface area contributed by atoms with Crippen LogP contribution in [-0.2, 0) is 40.0 Å². The SMILES string of the molecule is O=C(CCc1ccccc1-c1ccccc1CC1(Cc2ccccc2-c2ccccc2CCC(=O)Oc2ccccc2)COC1)Oc1ccccc1. The number of hydrogen-bond donors (Lipinski definition) is 0. The molecule has 0 N–H and O–H groups in total. The number of esters is 2. The second kappa shape index (κ2) is 16.5. The molecule has 0 atom stereocenters. The van der Waals surface area contributed by atoms with E-state index in [9.17, 15) is 9.59 Å². The number of carbonyl (C=O) groups is 2. The molecular weight excluding hydrogens is 645 g/mol. The van der Waals surface area contributed by atoms with Gasteiger partial charge >= 0.3 is 11.9 Å². The smallest absolute Gasteiger partial charge is 0.311 e. The van der Waals surface area contributed by atoms with Crippen LogP contribution in [0.2, 0.25) is 0 Å². The van der Waals surface area contributed by atoms with Crippen LogP contribution in [0.15, 0.2) is 158 Å². The van der Waals surface area contributed by atoms with E-state index in [0.29, 0.717) is 50.4 Å². The van der Waals surface area contributed by atoms with Gasteiger partial charge in [0.1, 0.15) is 11.5 Å². The van der Waals surface area contributed by atoms with Crippen molar-refractivity contribution in [1.82, 2.24) is 0 Å². The lowest BCUT2D eigenvalue weighted by Gasteiger charge is -2.43. The van der Waals surface area contributed by atoms with Crippen LogP contribution in [0.4, 0.5) is 0 Å². The molecule has 0 unspecified atom stereocenters. The summed E-state index contributed by atoms with van der Waals surface area (Å²) < 4.78 is 17.1. The molecule has 5 nitrogen and oxygen atoms in total. The predicted molar refractivity (Wildman–Crippen MR) is 205 cm³/mol. The van der Waals surface area contributed by atoms with Gasteiger partial charge in [-0.05, 0) is 94.5 Å². The van der Waals surface area contributed by atoms with Crippen LogP contribution in [0.1, 0.15) is 35.1 Å². The van der Waals surface area contributed by atoms with Crippen molar-refractivity contribution in [2.24, 2.45) is 5.41 Å². The van der Waals surface area contributed by atoms with E-state index in [2.05, 4.69) is 84.9 Å². The fraction of sp³-hybridized carbons (Fsp3) is 0.191. The maximum absolute atomic E-state index is 12.7. The van der Waals surface area contributed by atoms with E-state index < -0.39 is 0 Å². The lowest BCUT2D eigenvalue weighted by atomic mass is 9.72. The molecule has 260 valence electrons. The molecule has 1 saturated heterocycles. The summed E-state index contributed by atoms with van der Waals surface area (Å²) in [5, 5.41) is 0. The second-order valence-corrected chi connectivity index (χ2v) is 13.5. The third-order valence-corrected chi connectivity index (χ3v) is 9.74. The first-order valence-corrected chi connectivity index (χ1v) is 18.0. The van der Waals surface area contributed by atoms with Crippen molar-refractivity contribution in [3.63, 3.8) is 0 Å². The average Bonchev–Trinajstić information content (AvgIpc) is 3.17. The maximum Gasteiger partial charge on any atom is 0.311 e. The first-order chi connectivity index (χ1) is 25.6. The summed E-state index contributed by atoms with van der Waals surface area (Å²) >= 11 is 0. The summed E-state index contributed by atoms with van der Waals surface area (Å²) in [6.07, 6.45) is 3.46. The van der Waals surface area contributed by atoms with Gasteiger partial charge in [0.2, 0.25) is 0 Å². The molecule has 6 aromatic rings. The Labute approximate surface area is 305 Å². The molecule has 0 aromatic heterocycles. The van der Waals surface area contributed by atoms with Gasteiger partial charge in [0.15, 0.2) is 0 Å². The Morgan fingerprint density at radius 3 is 1.13 bits per heavy atom. The summed E-state index contributed by atoms with van der Waals surface area (Å²) in [6.45, 7) is 1.35. The van der Waals surface area contributed by atoms with Crippen molar-refractivity contribution >= 4 is 11.9 Å². The van der Waals surface area contributed by atoms with Gasteiger partial charge in [-0.25, -0.2) is 0 Å². The minimum absolute atomic E-state index is 0.0743. The fourth-order valence-electron chi connectivity index (χ4n) is 7.16. The molecule has 6 aromatic carbocycles. The van der Waals surface area contributed by atoms with E-state index in [1.165, 1.54) is 22.3 Å². The highest BCUT2D eigenvalue weighted by Crippen LogP contribution is 2.41. The molecular formula is C47H42O5. The van der Waals surface area contributed by atoms with Crippen molar-refractivity contribution in [3.05, 3.63) is 180 Å². The molecule has 0 spiro atoms. The van der Waals surface area contributed by atoms with Crippen molar-refractivity contribution in [1.29, 1.82) is 0 Å². The highest BCUT2D eigenvalue weighted by Gasteiger charge is 2.40. The molecule has 0 saturated carbocycles. The average molecular weight is 687 g/mol. The molecule has 7 rings (SSSR count). The van der Waals surface area contributed by atoms with Gasteiger partial charge in [-0.2, -0.15) is 0 Å². The first-order valence-electron chi connectivity index (χ1n) is 18.0. The summed E-state index contributed by atoms with van der Waals surface area (Å²) in [4.78, 5) is 25.5. The van der Waals surface area contributed by atoms with Crippen molar-refractivity contribution in [3.8, 4) is 33.8 Å². The molecule has 52 heavy (non-hydrogen) atoms. The molecule has 1 aliphatic rings. The van der Waals surface area contributed by atoms with Crippen molar-refractivity contribution in [2.45, 2.75) is 38.5 Å². The van der Waals surface area contributed by atoms with Crippen LogP contribution in [0.5, 0.6) is 11.5 Å². The van der Waals surface area contributed by atoms with Crippen LogP contribution in [0, 0.1) is 5.41 Å². The Hall–Kier alpha value is -5.78. The number of aryl methyl sites for hydroxylation is 2. The maximum atomic E-state index is 12.7. The minimum Gasteiger partial charge on any atom is -0.427 e. The second-order valence-electron chi connectivity index (χ2n) is 13.5. The van der Waals surface area contributed by atoms with E-state index in [1.807, 2.05) is 48.5 Å². The Morgan fingerprint density at radius 1 is 0.442 bits per heavy atom. The Morgan fingerprint density at radius 2 is 0.769 bits per heavy atom. The lowest BCUT2D eigenvalue weighted by molar-refractivity contribution is -0.135. The number of carbonyl (C=O) groups excluding carboxylic acids is 2. The van der Waals surface area contributed by atoms with Gasteiger partial charge in [0.25, 0.3) is 0 Å². The van der Waals surface area contributed by atoms with Gasteiger partial charge in [0, 0.05) is 5.41 Å². The zero-order valence-corrected chi connectivity index (χ0v) is 29.2. The lowest BCUT2D eigenvalue weighted by Crippen LogP contribution is -2.46. The van der Waals surface area contributed by atoms with E-state index in [4.69, 9.17) is 14.2 Å². The third kappa shape index (κ3) is 8.56. The molecule has 1 heterocycles. The largest absolute Gasteiger partial charge is 0.427 e. The quantitative estimate of drug-likeness (QED) is 0.0844. The molecule has 5 heteroatoms. The van der Waals surface area contributed by atoms with Crippen molar-refractivity contribution in [2.75, 3.05) is 13.2 Å². The number of rotatable bonds is 14. The van der Waals surface area contributed by atoms with Gasteiger partial charge in [-0.3, -0.25) is 9.59 Å². The third-order valence-electron chi connectivity index (χ3n) is 9.74. The fourth-order valence-corrected chi connectivity index (χ4v) is 7.16. The number of ether oxygens (including phenoxy) is 3. The zero-order chi connectivity index (χ0) is 35.6. The molecule has 1 fully saturated rings. The summed E-state index contributed by atoms with van der Waals surface area (Å²) in [5.74, 6) is 0.639. The molecule has 0 bridgehead atoms. The minimum atomic E-state index is -0.243. The molecule has 0 amide bonds. The molecule has 1 aliphatic heterocycles. The standard InChI is InChI=1S/C47H42O5/c48-45(51-39-19-3-1-4-20-39)29-27-35-15-7-11-23-41(35)43-25-13-9-17-37(43)31-47(33-50-34-47)32-38-18-10-14-26-44(38)42-24-12-8-16-36(42)28-30-46(49)52-40-21-5-2-6-22-40/h1-26H,27-34H2. The Kier molecular flexibility index (Phi) is 11.0. The van der Waals surface area contributed by atoms with Crippen LogP contribution in [0.25, 0.3) is 22.3 Å². The number of benzene rings is 6. The van der Waals surface area contributed by atoms with E-state index in [-0.39, 0.29) is 17.4 Å². The number of para-hydroxylation sites is 2.